The van der Waals surface area contributed by atoms with E-state index < -0.39 is 0 Å². The third-order valence-electron chi connectivity index (χ3n) is 4.91. The molecule has 124 valence electrons. The zero-order valence-corrected chi connectivity index (χ0v) is 14.0. The van der Waals surface area contributed by atoms with E-state index in [1.54, 1.807) is 0 Å². The number of piperazine rings is 1. The van der Waals surface area contributed by atoms with Crippen molar-refractivity contribution in [1.82, 2.24) is 9.55 Å². The zero-order chi connectivity index (χ0) is 16.5. The first-order chi connectivity index (χ1) is 11.8. The van der Waals surface area contributed by atoms with Gasteiger partial charge in [0.1, 0.15) is 5.82 Å². The minimum absolute atomic E-state index is 0.469. The van der Waals surface area contributed by atoms with Gasteiger partial charge >= 0.3 is 0 Å². The highest BCUT2D eigenvalue weighted by Gasteiger charge is 2.18. The van der Waals surface area contributed by atoms with Gasteiger partial charge in [-0.2, -0.15) is 0 Å². The van der Waals surface area contributed by atoms with Crippen molar-refractivity contribution in [3.63, 3.8) is 0 Å². The van der Waals surface area contributed by atoms with Crippen molar-refractivity contribution in [2.75, 3.05) is 36.0 Å². The topological polar surface area (TPSA) is 50.3 Å². The predicted octanol–water partition coefficient (Wildman–Crippen LogP) is 2.36. The fourth-order valence-electron chi connectivity index (χ4n) is 3.48. The van der Waals surface area contributed by atoms with E-state index in [4.69, 9.17) is 5.73 Å². The van der Waals surface area contributed by atoms with Gasteiger partial charge in [0.25, 0.3) is 0 Å². The number of aryl methyl sites for hydroxylation is 1. The molecule has 0 saturated carbocycles. The standard InChI is InChI=1S/C19H23N5/c1-22-18-8-7-16(13-17(18)21-19(22)14-20)24-11-9-23(10-12-24)15-5-3-2-4-6-15/h2-8,13H,9-12,14,20H2,1H3. The molecule has 1 aliphatic rings. The van der Waals surface area contributed by atoms with Crippen molar-refractivity contribution in [2.45, 2.75) is 6.54 Å². The first-order valence-corrected chi connectivity index (χ1v) is 8.46. The Morgan fingerprint density at radius 3 is 2.25 bits per heavy atom. The molecule has 2 aromatic carbocycles. The molecule has 1 saturated heterocycles. The Labute approximate surface area is 142 Å². The number of hydrogen-bond acceptors (Lipinski definition) is 4. The van der Waals surface area contributed by atoms with Crippen LogP contribution >= 0.6 is 0 Å². The van der Waals surface area contributed by atoms with Crippen LogP contribution in [0.5, 0.6) is 0 Å². The van der Waals surface area contributed by atoms with Gasteiger partial charge in [-0.15, -0.1) is 0 Å². The van der Waals surface area contributed by atoms with Crippen molar-refractivity contribution < 1.29 is 0 Å². The number of rotatable bonds is 3. The minimum Gasteiger partial charge on any atom is -0.368 e. The van der Waals surface area contributed by atoms with Crippen LogP contribution in [-0.4, -0.2) is 35.7 Å². The summed E-state index contributed by atoms with van der Waals surface area (Å²) in [6.45, 7) is 4.60. The lowest BCUT2D eigenvalue weighted by atomic mass is 10.2. The molecule has 0 amide bonds. The highest BCUT2D eigenvalue weighted by atomic mass is 15.3. The minimum atomic E-state index is 0.469. The van der Waals surface area contributed by atoms with E-state index in [2.05, 4.69) is 67.9 Å². The Balaban J connectivity index is 1.52. The highest BCUT2D eigenvalue weighted by molar-refractivity contribution is 5.80. The summed E-state index contributed by atoms with van der Waals surface area (Å²) in [5.41, 5.74) is 10.5. The van der Waals surface area contributed by atoms with Crippen molar-refractivity contribution in [3.05, 3.63) is 54.4 Å². The van der Waals surface area contributed by atoms with Gasteiger partial charge in [-0.1, -0.05) is 18.2 Å². The van der Waals surface area contributed by atoms with Gasteiger partial charge in [0.15, 0.2) is 0 Å². The van der Waals surface area contributed by atoms with Gasteiger partial charge in [0.2, 0.25) is 0 Å². The molecule has 4 rings (SSSR count). The second kappa shape index (κ2) is 6.17. The van der Waals surface area contributed by atoms with E-state index in [1.165, 1.54) is 11.4 Å². The second-order valence-corrected chi connectivity index (χ2v) is 6.27. The van der Waals surface area contributed by atoms with Crippen LogP contribution in [0.1, 0.15) is 5.82 Å². The molecule has 3 aromatic rings. The summed E-state index contributed by atoms with van der Waals surface area (Å²) < 4.78 is 2.08. The molecule has 1 fully saturated rings. The molecule has 0 spiro atoms. The largest absolute Gasteiger partial charge is 0.368 e. The molecule has 0 unspecified atom stereocenters. The van der Waals surface area contributed by atoms with E-state index in [-0.39, 0.29) is 0 Å². The number of anilines is 2. The lowest BCUT2D eigenvalue weighted by Crippen LogP contribution is -2.46. The molecule has 0 bridgehead atoms. The van der Waals surface area contributed by atoms with Gasteiger partial charge in [-0.05, 0) is 30.3 Å². The molecule has 0 atom stereocenters. The SMILES string of the molecule is Cn1c(CN)nc2cc(N3CCN(c4ccccc4)CC3)ccc21. The van der Waals surface area contributed by atoms with Crippen LogP contribution < -0.4 is 15.5 Å². The van der Waals surface area contributed by atoms with Gasteiger partial charge < -0.3 is 20.1 Å². The lowest BCUT2D eigenvalue weighted by Gasteiger charge is -2.37. The molecule has 1 aromatic heterocycles. The van der Waals surface area contributed by atoms with E-state index in [0.29, 0.717) is 6.54 Å². The molecule has 2 N–H and O–H groups in total. The molecule has 2 heterocycles. The Kier molecular flexibility index (Phi) is 3.86. The summed E-state index contributed by atoms with van der Waals surface area (Å²) in [7, 11) is 2.02. The van der Waals surface area contributed by atoms with Gasteiger partial charge in [0, 0.05) is 44.6 Å². The molecule has 5 nitrogen and oxygen atoms in total. The number of nitrogens with zero attached hydrogens (tertiary/aromatic N) is 4. The van der Waals surface area contributed by atoms with Crippen LogP contribution in [0.3, 0.4) is 0 Å². The smallest absolute Gasteiger partial charge is 0.123 e. The molecule has 24 heavy (non-hydrogen) atoms. The summed E-state index contributed by atoms with van der Waals surface area (Å²) in [5.74, 6) is 0.927. The van der Waals surface area contributed by atoms with E-state index >= 15 is 0 Å². The Hall–Kier alpha value is -2.53. The van der Waals surface area contributed by atoms with E-state index in [0.717, 1.165) is 43.0 Å². The maximum absolute atomic E-state index is 5.77. The summed E-state index contributed by atoms with van der Waals surface area (Å²) in [6.07, 6.45) is 0. The van der Waals surface area contributed by atoms with Crippen LogP contribution in [0, 0.1) is 0 Å². The van der Waals surface area contributed by atoms with Crippen molar-refractivity contribution >= 4 is 22.4 Å². The van der Waals surface area contributed by atoms with Crippen molar-refractivity contribution in [3.8, 4) is 0 Å². The van der Waals surface area contributed by atoms with Crippen LogP contribution in [0.25, 0.3) is 11.0 Å². The molecule has 1 aliphatic heterocycles. The van der Waals surface area contributed by atoms with Crippen molar-refractivity contribution in [2.24, 2.45) is 12.8 Å². The normalized spacial score (nSPS) is 15.2. The highest BCUT2D eigenvalue weighted by Crippen LogP contribution is 2.24. The zero-order valence-electron chi connectivity index (χ0n) is 14.0. The van der Waals surface area contributed by atoms with Crippen molar-refractivity contribution in [1.29, 1.82) is 0 Å². The summed E-state index contributed by atoms with van der Waals surface area (Å²) in [4.78, 5) is 9.54. The summed E-state index contributed by atoms with van der Waals surface area (Å²) >= 11 is 0. The molecular formula is C19H23N5. The number of para-hydroxylation sites is 1. The summed E-state index contributed by atoms with van der Waals surface area (Å²) in [5, 5.41) is 0. The molecule has 0 radical (unpaired) electrons. The maximum Gasteiger partial charge on any atom is 0.123 e. The quantitative estimate of drug-likeness (QED) is 0.804. The molecule has 5 heteroatoms. The maximum atomic E-state index is 5.77. The number of nitrogens with two attached hydrogens (primary N) is 1. The lowest BCUT2D eigenvalue weighted by molar-refractivity contribution is 0.654. The van der Waals surface area contributed by atoms with E-state index in [1.807, 2.05) is 7.05 Å². The van der Waals surface area contributed by atoms with E-state index in [9.17, 15) is 0 Å². The van der Waals surface area contributed by atoms with Crippen LogP contribution in [-0.2, 0) is 13.6 Å². The predicted molar refractivity (Wildman–Crippen MR) is 99.5 cm³/mol. The van der Waals surface area contributed by atoms with Crippen LogP contribution in [0.2, 0.25) is 0 Å². The fraction of sp³-hybridized carbons (Fsp3) is 0.316. The number of aromatic nitrogens is 2. The number of imidazole rings is 1. The first-order valence-electron chi connectivity index (χ1n) is 8.46. The van der Waals surface area contributed by atoms with Gasteiger partial charge in [0.05, 0.1) is 17.6 Å². The monoisotopic (exact) mass is 321 g/mol. The second-order valence-electron chi connectivity index (χ2n) is 6.27. The van der Waals surface area contributed by atoms with Crippen LogP contribution in [0.4, 0.5) is 11.4 Å². The Morgan fingerprint density at radius 1 is 0.917 bits per heavy atom. The average Bonchev–Trinajstić information content (AvgIpc) is 2.98. The Morgan fingerprint density at radius 2 is 1.58 bits per heavy atom. The number of fused-ring (bicyclic) bond motifs is 1. The molecular weight excluding hydrogens is 298 g/mol. The average molecular weight is 321 g/mol. The van der Waals surface area contributed by atoms with Crippen LogP contribution in [0.15, 0.2) is 48.5 Å². The first kappa shape index (κ1) is 15.0. The fourth-order valence-corrected chi connectivity index (χ4v) is 3.48. The van der Waals surface area contributed by atoms with Gasteiger partial charge in [-0.3, -0.25) is 0 Å². The summed E-state index contributed by atoms with van der Waals surface area (Å²) in [6, 6.07) is 17.2. The molecule has 0 aliphatic carbocycles. The number of benzene rings is 2. The Bertz CT molecular complexity index is 832. The third kappa shape index (κ3) is 2.61. The third-order valence-corrected chi connectivity index (χ3v) is 4.91. The number of hydrogen-bond donors (Lipinski definition) is 1. The van der Waals surface area contributed by atoms with Gasteiger partial charge in [-0.25, -0.2) is 4.98 Å².